The van der Waals surface area contributed by atoms with Crippen molar-refractivity contribution in [3.05, 3.63) is 163 Å². The Hall–Kier alpha value is -4.67. The van der Waals surface area contributed by atoms with Crippen LogP contribution in [0.4, 0.5) is 5.69 Å². The van der Waals surface area contributed by atoms with E-state index in [9.17, 15) is 4.79 Å². The second-order valence-electron chi connectivity index (χ2n) is 11.8. The zero-order valence-electron chi connectivity index (χ0n) is 25.5. The van der Waals surface area contributed by atoms with Crippen LogP contribution in [-0.2, 0) is 6.42 Å². The molecule has 1 atom stereocenters. The number of rotatable bonds is 7. The van der Waals surface area contributed by atoms with E-state index in [-0.39, 0.29) is 11.5 Å². The van der Waals surface area contributed by atoms with Gasteiger partial charge in [-0.25, -0.2) is 0 Å². The van der Waals surface area contributed by atoms with Crippen molar-refractivity contribution in [3.8, 4) is 16.8 Å². The third-order valence-electron chi connectivity index (χ3n) is 8.77. The van der Waals surface area contributed by atoms with E-state index < -0.39 is 0 Å². The van der Waals surface area contributed by atoms with Crippen molar-refractivity contribution < 1.29 is 0 Å². The Kier molecular flexibility index (Phi) is 7.53. The number of aryl methyl sites for hydroxylation is 3. The molecule has 4 heteroatoms. The summed E-state index contributed by atoms with van der Waals surface area (Å²) < 4.78 is 2.23. The summed E-state index contributed by atoms with van der Waals surface area (Å²) in [5.74, 6) is 0. The first-order chi connectivity index (χ1) is 21.5. The lowest BCUT2D eigenvalue weighted by atomic mass is 9.85. The Balaban J connectivity index is 1.47. The Morgan fingerprint density at radius 2 is 1.50 bits per heavy atom. The molecule has 3 aliphatic rings. The van der Waals surface area contributed by atoms with Crippen molar-refractivity contribution in [1.29, 1.82) is 0 Å². The standard InChI is InChI=1S/C40H36N2OS/c1-4-5-9-34-23-30-15-20-36(40(43)37(30)25-41(34)32-16-11-27(2)12-17-32)39-35-10-7-6-8-29(35)24-38(31-21-22-44-26-31)42(39)33-18-13-28(3)14-19-33/h6-8,10-26,39H,4-5,9H2,1-3H3. The van der Waals surface area contributed by atoms with Crippen LogP contribution in [0.25, 0.3) is 28.6 Å². The molecule has 0 amide bonds. The number of nitrogens with zero attached hydrogens (tertiary/aromatic N) is 2. The van der Waals surface area contributed by atoms with Gasteiger partial charge in [0.1, 0.15) is 0 Å². The second kappa shape index (κ2) is 11.8. The minimum Gasteiger partial charge on any atom is -0.329 e. The van der Waals surface area contributed by atoms with Crippen LogP contribution in [0.1, 0.15) is 64.9 Å². The van der Waals surface area contributed by atoms with Crippen LogP contribution < -0.4 is 10.3 Å². The number of anilines is 1. The summed E-state index contributed by atoms with van der Waals surface area (Å²) in [6.07, 6.45) is 7.53. The van der Waals surface area contributed by atoms with Gasteiger partial charge in [0.2, 0.25) is 0 Å². The van der Waals surface area contributed by atoms with Gasteiger partial charge >= 0.3 is 0 Å². The second-order valence-corrected chi connectivity index (χ2v) is 12.6. The predicted octanol–water partition coefficient (Wildman–Crippen LogP) is 10.1. The zero-order chi connectivity index (χ0) is 30.2. The molecule has 0 radical (unpaired) electrons. The van der Waals surface area contributed by atoms with E-state index in [2.05, 4.69) is 150 Å². The van der Waals surface area contributed by atoms with Crippen molar-refractivity contribution in [2.75, 3.05) is 4.90 Å². The van der Waals surface area contributed by atoms with Gasteiger partial charge in [-0.15, -0.1) is 0 Å². The maximum Gasteiger partial charge on any atom is 0.193 e. The molecule has 0 bridgehead atoms. The van der Waals surface area contributed by atoms with Crippen LogP contribution in [0.3, 0.4) is 0 Å². The average molecular weight is 593 g/mol. The lowest BCUT2D eigenvalue weighted by Gasteiger charge is -2.40. The summed E-state index contributed by atoms with van der Waals surface area (Å²) >= 11 is 1.69. The summed E-state index contributed by atoms with van der Waals surface area (Å²) in [5.41, 5.74) is 12.9. The number of pyridine rings is 1. The lowest BCUT2D eigenvalue weighted by molar-refractivity contribution is 0.752. The van der Waals surface area contributed by atoms with Gasteiger partial charge in [-0.05, 0) is 91.2 Å². The average Bonchev–Trinajstić information content (AvgIpc) is 3.59. The molecule has 0 spiro atoms. The minimum atomic E-state index is -0.279. The summed E-state index contributed by atoms with van der Waals surface area (Å²) in [7, 11) is 0. The van der Waals surface area contributed by atoms with Gasteiger partial charge < -0.3 is 9.47 Å². The third-order valence-corrected chi connectivity index (χ3v) is 9.46. The van der Waals surface area contributed by atoms with Gasteiger partial charge in [0.15, 0.2) is 5.43 Å². The Morgan fingerprint density at radius 3 is 2.20 bits per heavy atom. The number of hydrogen-bond donors (Lipinski definition) is 0. The number of fused-ring (bicyclic) bond motifs is 2. The SMILES string of the molecule is CCCCc1cc2ccc(C3c4ccccc4C=C(c4ccsc4)N3c3ccc(C)cc3)c(=O)c-2cn1-c1ccc(C)cc1. The van der Waals surface area contributed by atoms with E-state index in [1.54, 1.807) is 11.3 Å². The number of unbranched alkanes of at least 4 members (excludes halogenated alkanes) is 1. The van der Waals surface area contributed by atoms with Gasteiger partial charge in [0, 0.05) is 45.3 Å². The van der Waals surface area contributed by atoms with Gasteiger partial charge in [0.25, 0.3) is 0 Å². The highest BCUT2D eigenvalue weighted by atomic mass is 32.1. The first-order valence-electron chi connectivity index (χ1n) is 15.5. The molecular formula is C40H36N2OS. The zero-order valence-corrected chi connectivity index (χ0v) is 26.3. The predicted molar refractivity (Wildman–Crippen MR) is 186 cm³/mol. The summed E-state index contributed by atoms with van der Waals surface area (Å²) in [6, 6.07) is 34.1. The fraction of sp³-hybridized carbons (Fsp3) is 0.175. The highest BCUT2D eigenvalue weighted by molar-refractivity contribution is 7.08. The van der Waals surface area contributed by atoms with E-state index in [1.165, 1.54) is 16.8 Å². The smallest absolute Gasteiger partial charge is 0.193 e. The van der Waals surface area contributed by atoms with Crippen LogP contribution in [0.5, 0.6) is 0 Å². The highest BCUT2D eigenvalue weighted by Gasteiger charge is 2.34. The summed E-state index contributed by atoms with van der Waals surface area (Å²) in [6.45, 7) is 6.44. The Bertz CT molecular complexity index is 1980. The molecule has 218 valence electrons. The molecule has 2 aliphatic heterocycles. The maximum absolute atomic E-state index is 14.8. The molecule has 7 rings (SSSR count). The molecule has 1 unspecified atom stereocenters. The number of thiophene rings is 1. The van der Waals surface area contributed by atoms with Crippen molar-refractivity contribution >= 4 is 28.8 Å². The fourth-order valence-electron chi connectivity index (χ4n) is 6.38. The highest BCUT2D eigenvalue weighted by Crippen LogP contribution is 2.45. The van der Waals surface area contributed by atoms with Crippen LogP contribution in [-0.4, -0.2) is 4.57 Å². The van der Waals surface area contributed by atoms with E-state index in [0.29, 0.717) is 0 Å². The van der Waals surface area contributed by atoms with E-state index in [4.69, 9.17) is 0 Å². The van der Waals surface area contributed by atoms with Crippen molar-refractivity contribution in [2.24, 2.45) is 0 Å². The molecule has 0 N–H and O–H groups in total. The van der Waals surface area contributed by atoms with E-state index in [0.717, 1.165) is 69.7 Å². The molecule has 0 fully saturated rings. The van der Waals surface area contributed by atoms with E-state index >= 15 is 0 Å². The van der Waals surface area contributed by atoms with E-state index in [1.807, 2.05) is 0 Å². The molecule has 3 nitrogen and oxygen atoms in total. The Labute approximate surface area is 263 Å². The van der Waals surface area contributed by atoms with Gasteiger partial charge in [-0.3, -0.25) is 4.79 Å². The van der Waals surface area contributed by atoms with Crippen molar-refractivity contribution in [1.82, 2.24) is 4.57 Å². The molecular weight excluding hydrogens is 557 g/mol. The van der Waals surface area contributed by atoms with Crippen LogP contribution >= 0.6 is 11.3 Å². The van der Waals surface area contributed by atoms with Gasteiger partial charge in [0.05, 0.1) is 11.7 Å². The third kappa shape index (κ3) is 5.10. The number of hydrogen-bond acceptors (Lipinski definition) is 3. The molecule has 4 aromatic rings. The minimum absolute atomic E-state index is 0.0777. The van der Waals surface area contributed by atoms with Crippen LogP contribution in [0.15, 0.2) is 119 Å². The summed E-state index contributed by atoms with van der Waals surface area (Å²) in [4.78, 5) is 17.1. The van der Waals surface area contributed by atoms with Crippen molar-refractivity contribution in [3.63, 3.8) is 0 Å². The molecule has 0 saturated carbocycles. The maximum atomic E-state index is 14.8. The topological polar surface area (TPSA) is 25.2 Å². The van der Waals surface area contributed by atoms with Gasteiger partial charge in [-0.2, -0.15) is 11.3 Å². The summed E-state index contributed by atoms with van der Waals surface area (Å²) in [5, 5.41) is 4.31. The Morgan fingerprint density at radius 1 is 0.773 bits per heavy atom. The monoisotopic (exact) mass is 592 g/mol. The number of benzene rings is 4. The molecule has 44 heavy (non-hydrogen) atoms. The van der Waals surface area contributed by atoms with Crippen LogP contribution in [0.2, 0.25) is 0 Å². The van der Waals surface area contributed by atoms with Crippen molar-refractivity contribution in [2.45, 2.75) is 46.1 Å². The van der Waals surface area contributed by atoms with Gasteiger partial charge in [-0.1, -0.05) is 85.1 Å². The van der Waals surface area contributed by atoms with Crippen LogP contribution in [0, 0.1) is 13.8 Å². The first-order valence-corrected chi connectivity index (χ1v) is 16.4. The molecule has 3 aromatic carbocycles. The lowest BCUT2D eigenvalue weighted by Crippen LogP contribution is -2.34. The number of aromatic nitrogens is 1. The quantitative estimate of drug-likeness (QED) is 0.184. The molecule has 1 aliphatic carbocycles. The molecule has 1 aromatic heterocycles. The largest absolute Gasteiger partial charge is 0.329 e. The molecule has 3 heterocycles. The fourth-order valence-corrected chi connectivity index (χ4v) is 7.03. The normalized spacial score (nSPS) is 14.5. The molecule has 0 saturated heterocycles. The first kappa shape index (κ1) is 28.1.